The molecule has 2 atom stereocenters. The van der Waals surface area contributed by atoms with Gasteiger partial charge in [0, 0.05) is 28.4 Å². The lowest BCUT2D eigenvalue weighted by Crippen LogP contribution is -2.13. The molecule has 0 spiro atoms. The molecule has 1 aliphatic heterocycles. The van der Waals surface area contributed by atoms with Crippen LogP contribution in [-0.4, -0.2) is 18.2 Å². The van der Waals surface area contributed by atoms with Crippen molar-refractivity contribution in [2.24, 2.45) is 10.9 Å². The van der Waals surface area contributed by atoms with Gasteiger partial charge >= 0.3 is 0 Å². The zero-order valence-corrected chi connectivity index (χ0v) is 42.5. The van der Waals surface area contributed by atoms with E-state index in [1.165, 1.54) is 123 Å². The minimum atomic E-state index is 0.428. The van der Waals surface area contributed by atoms with Gasteiger partial charge in [-0.15, -0.1) is 0 Å². The van der Waals surface area contributed by atoms with E-state index in [4.69, 9.17) is 4.99 Å². The third kappa shape index (κ3) is 8.92. The Bertz CT molecular complexity index is 3170. The standard InChI is InChI=1S/C65H67BN2/c1-12-48-37-58(67-64(48)56-27-20-51(21-28-56)50-15-14-16-54(24-17-50)60-42(6)31-39(3)32-43(60)7)63(62-46(10)35-41(5)36-47(62)11)59-38-49(13-2)65(68(59)66)57-29-22-53(23-30-57)52-18-25-55(26-19-52)61-44(8)33-40(4)34-45(61)9/h14,16-38,44,61H,12-13,15,66H2,1-11H3/b63-58+. The Labute approximate surface area is 408 Å². The Kier molecular flexibility index (Phi) is 13.0. The van der Waals surface area contributed by atoms with Gasteiger partial charge in [0.15, 0.2) is 0 Å². The molecule has 0 amide bonds. The van der Waals surface area contributed by atoms with Gasteiger partial charge in [-0.3, -0.25) is 0 Å². The second kappa shape index (κ2) is 19.1. The largest absolute Gasteiger partial charge is 0.392 e. The van der Waals surface area contributed by atoms with Crippen LogP contribution in [0.4, 0.5) is 0 Å². The van der Waals surface area contributed by atoms with Crippen LogP contribution in [0.25, 0.3) is 39.1 Å². The van der Waals surface area contributed by atoms with Gasteiger partial charge in [-0.1, -0.05) is 177 Å². The lowest BCUT2D eigenvalue weighted by Gasteiger charge is -2.27. The summed E-state index contributed by atoms with van der Waals surface area (Å²) in [5.41, 5.74) is 31.6. The molecule has 5 aromatic carbocycles. The summed E-state index contributed by atoms with van der Waals surface area (Å²) in [6.07, 6.45) is 19.0. The molecule has 0 N–H and O–H groups in total. The van der Waals surface area contributed by atoms with Gasteiger partial charge in [0.1, 0.15) is 0 Å². The molecule has 0 saturated heterocycles. The summed E-state index contributed by atoms with van der Waals surface area (Å²) in [5.74, 6) is 0.920. The average Bonchev–Trinajstić information content (AvgIpc) is 3.78. The first kappa shape index (κ1) is 46.4. The van der Waals surface area contributed by atoms with E-state index < -0.39 is 0 Å². The highest BCUT2D eigenvalue weighted by atomic mass is 14.9. The molecular weight excluding hydrogens is 820 g/mol. The van der Waals surface area contributed by atoms with Gasteiger partial charge in [-0.2, -0.15) is 0 Å². The molecule has 2 heterocycles. The van der Waals surface area contributed by atoms with Crippen LogP contribution in [0.3, 0.4) is 0 Å². The number of rotatable bonds is 10. The Morgan fingerprint density at radius 3 is 1.82 bits per heavy atom. The second-order valence-corrected chi connectivity index (χ2v) is 19.9. The van der Waals surface area contributed by atoms with Crippen molar-refractivity contribution >= 4 is 30.4 Å². The summed E-state index contributed by atoms with van der Waals surface area (Å²) in [4.78, 5) is 5.61. The SMILES string of the molecule is Bn1c(/C(=C2/C=C(CC)C(c3ccc(C4=CC=C(c5c(C)cc(C)cc5C)C=CC4)cc3)=N2)c2c(C)cc(C)cc2C)cc(CC)c1-c1ccc(-c2ccc(C3C(C)=CC(C)=CC3C)cc2)cc1. The van der Waals surface area contributed by atoms with Crippen LogP contribution in [0.5, 0.6) is 0 Å². The van der Waals surface area contributed by atoms with Crippen LogP contribution in [0.2, 0.25) is 0 Å². The maximum absolute atomic E-state index is 5.61. The van der Waals surface area contributed by atoms with Gasteiger partial charge in [0.05, 0.1) is 11.4 Å². The third-order valence-electron chi connectivity index (χ3n) is 14.7. The molecule has 68 heavy (non-hydrogen) atoms. The number of nitrogens with zero attached hydrogens (tertiary/aromatic N) is 2. The minimum absolute atomic E-state index is 0.428. The number of benzene rings is 5. The van der Waals surface area contributed by atoms with E-state index in [2.05, 4.69) is 234 Å². The number of aromatic nitrogens is 1. The lowest BCUT2D eigenvalue weighted by molar-refractivity contribution is 0.601. The summed E-state index contributed by atoms with van der Waals surface area (Å²) >= 11 is 0. The summed E-state index contributed by atoms with van der Waals surface area (Å²) in [6, 6.07) is 39.3. The topological polar surface area (TPSA) is 17.3 Å². The van der Waals surface area contributed by atoms with Crippen molar-refractivity contribution in [2.75, 3.05) is 0 Å². The highest BCUT2D eigenvalue weighted by Crippen LogP contribution is 2.42. The van der Waals surface area contributed by atoms with Crippen molar-refractivity contribution in [2.45, 2.75) is 101 Å². The molecule has 2 aliphatic carbocycles. The van der Waals surface area contributed by atoms with Crippen molar-refractivity contribution in [1.29, 1.82) is 0 Å². The molecule has 0 bridgehead atoms. The van der Waals surface area contributed by atoms with E-state index in [9.17, 15) is 0 Å². The predicted molar refractivity (Wildman–Crippen MR) is 296 cm³/mol. The maximum atomic E-state index is 5.61. The van der Waals surface area contributed by atoms with Crippen LogP contribution in [0, 0.1) is 47.5 Å². The van der Waals surface area contributed by atoms with Crippen molar-refractivity contribution in [3.05, 3.63) is 241 Å². The Morgan fingerprint density at radius 1 is 0.647 bits per heavy atom. The average molecular weight is 887 g/mol. The summed E-state index contributed by atoms with van der Waals surface area (Å²) in [5, 5.41) is 0. The molecule has 6 aromatic rings. The van der Waals surface area contributed by atoms with Crippen molar-refractivity contribution in [3.8, 4) is 22.4 Å². The molecule has 0 fully saturated rings. The van der Waals surface area contributed by atoms with Gasteiger partial charge in [0.25, 0.3) is 0 Å². The normalized spacial score (nSPS) is 17.8. The smallest absolute Gasteiger partial charge is 0.223 e. The highest BCUT2D eigenvalue weighted by Gasteiger charge is 2.27. The van der Waals surface area contributed by atoms with Gasteiger partial charge in [-0.05, 0) is 176 Å². The van der Waals surface area contributed by atoms with Crippen molar-refractivity contribution < 1.29 is 0 Å². The number of allylic oxidation sites excluding steroid dienone is 12. The van der Waals surface area contributed by atoms with Crippen LogP contribution in [0.1, 0.15) is 126 Å². The maximum Gasteiger partial charge on any atom is 0.223 e. The fourth-order valence-electron chi connectivity index (χ4n) is 11.8. The molecule has 9 rings (SSSR count). The number of aryl methyl sites for hydroxylation is 7. The van der Waals surface area contributed by atoms with Gasteiger partial charge in [0.2, 0.25) is 7.98 Å². The Hall–Kier alpha value is -6.71. The highest BCUT2D eigenvalue weighted by molar-refractivity contribution is 6.17. The molecule has 0 radical (unpaired) electrons. The number of hydrogen-bond acceptors (Lipinski definition) is 1. The Morgan fingerprint density at radius 2 is 1.22 bits per heavy atom. The lowest BCUT2D eigenvalue weighted by atomic mass is 9.77. The molecule has 3 aliphatic rings. The second-order valence-electron chi connectivity index (χ2n) is 19.9. The van der Waals surface area contributed by atoms with Crippen LogP contribution in [0.15, 0.2) is 173 Å². The number of hydrogen-bond donors (Lipinski definition) is 0. The molecule has 1 aromatic heterocycles. The van der Waals surface area contributed by atoms with Crippen LogP contribution < -0.4 is 0 Å². The fraction of sp³-hybridized carbons (Fsp3) is 0.246. The molecule has 2 nitrogen and oxygen atoms in total. The fourth-order valence-corrected chi connectivity index (χ4v) is 11.8. The van der Waals surface area contributed by atoms with Gasteiger partial charge in [-0.25, -0.2) is 4.99 Å². The molecule has 2 unspecified atom stereocenters. The first-order valence-corrected chi connectivity index (χ1v) is 24.9. The van der Waals surface area contributed by atoms with Crippen molar-refractivity contribution in [1.82, 2.24) is 4.48 Å². The van der Waals surface area contributed by atoms with E-state index in [-0.39, 0.29) is 0 Å². The van der Waals surface area contributed by atoms with Crippen LogP contribution >= 0.6 is 0 Å². The van der Waals surface area contributed by atoms with E-state index in [0.29, 0.717) is 11.8 Å². The quantitative estimate of drug-likeness (QED) is 0.122. The van der Waals surface area contributed by atoms with Crippen molar-refractivity contribution in [3.63, 3.8) is 0 Å². The van der Waals surface area contributed by atoms with E-state index >= 15 is 0 Å². The molecular formula is C65H67BN2. The van der Waals surface area contributed by atoms with E-state index in [1.54, 1.807) is 0 Å². The summed E-state index contributed by atoms with van der Waals surface area (Å²) in [6.45, 7) is 24.7. The first-order valence-electron chi connectivity index (χ1n) is 24.9. The molecule has 3 heteroatoms. The molecule has 0 saturated carbocycles. The minimum Gasteiger partial charge on any atom is -0.392 e. The summed E-state index contributed by atoms with van der Waals surface area (Å²) in [7, 11) is 2.25. The summed E-state index contributed by atoms with van der Waals surface area (Å²) < 4.78 is 2.43. The third-order valence-corrected chi connectivity index (χ3v) is 14.7. The monoisotopic (exact) mass is 887 g/mol. The van der Waals surface area contributed by atoms with Crippen LogP contribution in [-0.2, 0) is 6.42 Å². The molecule has 340 valence electrons. The first-order chi connectivity index (χ1) is 32.7. The predicted octanol–water partition coefficient (Wildman–Crippen LogP) is 16.3. The zero-order chi connectivity index (χ0) is 48.0. The number of aliphatic imine (C=N–C) groups is 1. The van der Waals surface area contributed by atoms with Gasteiger partial charge < -0.3 is 4.48 Å². The Balaban J connectivity index is 1.07. The van der Waals surface area contributed by atoms with E-state index in [0.717, 1.165) is 36.2 Å². The van der Waals surface area contributed by atoms with E-state index in [1.807, 2.05) is 0 Å². The zero-order valence-electron chi connectivity index (χ0n) is 42.5.